The summed E-state index contributed by atoms with van der Waals surface area (Å²) in [5.41, 5.74) is -0.183. The van der Waals surface area contributed by atoms with Crippen molar-refractivity contribution in [3.8, 4) is 0 Å². The highest BCUT2D eigenvalue weighted by Crippen LogP contribution is 2.53. The molecule has 1 saturated carbocycles. The number of unbranched alkanes of at least 4 members (excludes halogenated alkanes) is 2. The van der Waals surface area contributed by atoms with Gasteiger partial charge in [0, 0.05) is 46.7 Å². The minimum absolute atomic E-state index is 0.0196. The summed E-state index contributed by atoms with van der Waals surface area (Å²) in [6.07, 6.45) is 4.98. The van der Waals surface area contributed by atoms with Crippen LogP contribution >= 0.6 is 0 Å². The quantitative estimate of drug-likeness (QED) is 0.103. The Morgan fingerprint density at radius 2 is 1.59 bits per heavy atom. The Balaban J connectivity index is 1.48. The first-order valence-corrected chi connectivity index (χ1v) is 24.5. The Bertz CT molecular complexity index is 1760. The Morgan fingerprint density at radius 1 is 0.894 bits per heavy atom. The van der Waals surface area contributed by atoms with Crippen molar-refractivity contribution in [2.45, 2.75) is 167 Å². The summed E-state index contributed by atoms with van der Waals surface area (Å²) in [6.45, 7) is 15.6. The average molecular weight is 927 g/mol. The van der Waals surface area contributed by atoms with Crippen molar-refractivity contribution in [2.24, 2.45) is 23.7 Å². The number of carboxylic acids is 1. The van der Waals surface area contributed by atoms with E-state index in [0.29, 0.717) is 58.3 Å². The van der Waals surface area contributed by atoms with Crippen LogP contribution in [0.2, 0.25) is 0 Å². The topological polar surface area (TPSA) is 187 Å². The molecule has 0 bridgehead atoms. The van der Waals surface area contributed by atoms with E-state index in [1.165, 1.54) is 5.06 Å². The van der Waals surface area contributed by atoms with Gasteiger partial charge < -0.3 is 35.0 Å². The number of likely N-dealkylation sites (tertiary alicyclic amines) is 1. The number of likely N-dealkylation sites (N-methyl/N-ethyl adjacent to an activating group) is 2. The van der Waals surface area contributed by atoms with Gasteiger partial charge in [-0.2, -0.15) is 0 Å². The molecule has 5 amide bonds. The second-order valence-corrected chi connectivity index (χ2v) is 19.8. The Hall–Kier alpha value is -4.12. The summed E-state index contributed by atoms with van der Waals surface area (Å²) < 4.78 is 12.2. The molecule has 1 aliphatic carbocycles. The number of hydroxylamine groups is 2. The first kappa shape index (κ1) is 54.5. The van der Waals surface area contributed by atoms with Crippen LogP contribution in [0.1, 0.15) is 131 Å². The van der Waals surface area contributed by atoms with Crippen LogP contribution in [0.25, 0.3) is 0 Å². The molecule has 2 heterocycles. The van der Waals surface area contributed by atoms with Crippen LogP contribution in [-0.2, 0) is 43.1 Å². The molecule has 16 nitrogen and oxygen atoms in total. The number of rotatable bonds is 26. The van der Waals surface area contributed by atoms with Crippen molar-refractivity contribution in [3.05, 3.63) is 35.9 Å². The van der Waals surface area contributed by atoms with E-state index in [1.807, 2.05) is 83.8 Å². The number of hydrogen-bond donors (Lipinski definition) is 3. The number of nitrogens with zero attached hydrogens (tertiary/aromatic N) is 4. The fourth-order valence-corrected chi connectivity index (χ4v) is 10.3. The number of carbonyl (C=O) groups excluding carboxylic acids is 5. The summed E-state index contributed by atoms with van der Waals surface area (Å²) in [5.74, 6) is -3.40. The first-order valence-electron chi connectivity index (χ1n) is 24.5. The number of carbonyl (C=O) groups is 6. The van der Waals surface area contributed by atoms with E-state index >= 15 is 0 Å². The molecule has 1 aromatic rings. The summed E-state index contributed by atoms with van der Waals surface area (Å²) in [7, 11) is 6.71. The van der Waals surface area contributed by atoms with Crippen molar-refractivity contribution in [1.29, 1.82) is 0 Å². The maximum Gasteiger partial charge on any atom is 0.303 e. The monoisotopic (exact) mass is 927 g/mol. The second-order valence-electron chi connectivity index (χ2n) is 19.8. The normalized spacial score (nSPS) is 22.9. The molecule has 16 heteroatoms. The second kappa shape index (κ2) is 25.3. The third-order valence-electron chi connectivity index (χ3n) is 14.4. The zero-order valence-electron chi connectivity index (χ0n) is 41.8. The number of amides is 5. The predicted molar refractivity (Wildman–Crippen MR) is 252 cm³/mol. The molecule has 0 radical (unpaired) electrons. The molecule has 66 heavy (non-hydrogen) atoms. The third-order valence-corrected chi connectivity index (χ3v) is 14.4. The molecule has 1 aromatic carbocycles. The molecule has 4 rings (SSSR count). The molecule has 3 N–H and O–H groups in total. The highest BCUT2D eigenvalue weighted by Gasteiger charge is 2.64. The average Bonchev–Trinajstić information content (AvgIpc) is 3.82. The van der Waals surface area contributed by atoms with E-state index in [2.05, 4.69) is 10.6 Å². The largest absolute Gasteiger partial charge is 0.481 e. The van der Waals surface area contributed by atoms with Crippen molar-refractivity contribution >= 4 is 35.5 Å². The van der Waals surface area contributed by atoms with Gasteiger partial charge in [0.2, 0.25) is 23.6 Å². The van der Waals surface area contributed by atoms with Crippen LogP contribution in [0, 0.1) is 23.7 Å². The van der Waals surface area contributed by atoms with Crippen molar-refractivity contribution < 1.29 is 48.2 Å². The van der Waals surface area contributed by atoms with E-state index in [0.717, 1.165) is 31.2 Å². The molecule has 10 atom stereocenters. The highest BCUT2D eigenvalue weighted by molar-refractivity contribution is 5.96. The fraction of sp³-hybridized carbons (Fsp3) is 0.760. The van der Waals surface area contributed by atoms with E-state index in [1.54, 1.807) is 38.0 Å². The maximum absolute atomic E-state index is 14.6. The number of methoxy groups -OCH3 is 2. The summed E-state index contributed by atoms with van der Waals surface area (Å²) in [4.78, 5) is 93.6. The van der Waals surface area contributed by atoms with Crippen LogP contribution in [0.3, 0.4) is 0 Å². The van der Waals surface area contributed by atoms with Gasteiger partial charge in [-0.3, -0.25) is 38.5 Å². The Morgan fingerprint density at radius 3 is 2.17 bits per heavy atom. The maximum atomic E-state index is 14.6. The third kappa shape index (κ3) is 13.5. The minimum Gasteiger partial charge on any atom is -0.481 e. The molecule has 2 saturated heterocycles. The lowest BCUT2D eigenvalue weighted by Gasteiger charge is -2.41. The van der Waals surface area contributed by atoms with Crippen molar-refractivity contribution in [2.75, 3.05) is 54.6 Å². The molecule has 0 aromatic heterocycles. The van der Waals surface area contributed by atoms with Gasteiger partial charge in [-0.1, -0.05) is 91.6 Å². The van der Waals surface area contributed by atoms with Gasteiger partial charge in [0.05, 0.1) is 49.3 Å². The molecule has 3 fully saturated rings. The summed E-state index contributed by atoms with van der Waals surface area (Å²) in [5, 5.41) is 16.6. The smallest absolute Gasteiger partial charge is 0.303 e. The number of ether oxygens (including phenoxy) is 2. The lowest BCUT2D eigenvalue weighted by molar-refractivity contribution is -0.200. The predicted octanol–water partition coefficient (Wildman–Crippen LogP) is 5.25. The zero-order chi connectivity index (χ0) is 48.9. The van der Waals surface area contributed by atoms with E-state index < -0.39 is 53.8 Å². The Kier molecular flexibility index (Phi) is 20.9. The molecule has 1 unspecified atom stereocenters. The van der Waals surface area contributed by atoms with Gasteiger partial charge in [0.15, 0.2) is 0 Å². The van der Waals surface area contributed by atoms with Crippen molar-refractivity contribution in [1.82, 2.24) is 30.4 Å². The number of nitrogens with one attached hydrogen (secondary N) is 2. The summed E-state index contributed by atoms with van der Waals surface area (Å²) in [6, 6.07) is 7.45. The van der Waals surface area contributed by atoms with Gasteiger partial charge in [-0.15, -0.1) is 0 Å². The number of carboxylic acid groups (broad SMARTS) is 1. The van der Waals surface area contributed by atoms with Gasteiger partial charge in [0.1, 0.15) is 11.6 Å². The zero-order valence-corrected chi connectivity index (χ0v) is 41.8. The molecule has 2 aliphatic heterocycles. The first-order chi connectivity index (χ1) is 31.3. The molecular weight excluding hydrogens is 845 g/mol. The summed E-state index contributed by atoms with van der Waals surface area (Å²) >= 11 is 0. The van der Waals surface area contributed by atoms with E-state index in [9.17, 15) is 28.8 Å². The molecule has 372 valence electrons. The molecule has 3 aliphatic rings. The lowest BCUT2D eigenvalue weighted by Crippen LogP contribution is -2.60. The van der Waals surface area contributed by atoms with Crippen LogP contribution in [0.5, 0.6) is 0 Å². The van der Waals surface area contributed by atoms with E-state index in [-0.39, 0.29) is 66.0 Å². The standard InChI is InChI=1S/C50H82N6O10/c1-12-34(6)44(54(9)48(62)42(32(2)3)51-47(61)43(33(4)5)53(8)26-18-14-17-25-41(58)59)39(64-10)30-40(57)55-27-21-24-38(55)45(65-11)35(7)46(60)52-50(49(63)56-28-19-20-29-66-56)31-37(50)36-22-15-13-16-23-36/h13,15-16,22-23,32-35,37-39,42-45H,12,14,17-21,24-31H2,1-11H3,(H,51,61)(H,52,60)(H,58,59)/t34-,35+,37+,38-,39+,42-,43-,44-,45+,50?/m0/s1. The van der Waals surface area contributed by atoms with Gasteiger partial charge >= 0.3 is 5.97 Å². The van der Waals surface area contributed by atoms with E-state index in [4.69, 9.17) is 19.4 Å². The molecular formula is C50H82N6O10. The van der Waals surface area contributed by atoms with Crippen LogP contribution in [0.4, 0.5) is 0 Å². The van der Waals surface area contributed by atoms with Gasteiger partial charge in [0.25, 0.3) is 5.91 Å². The molecule has 0 spiro atoms. The van der Waals surface area contributed by atoms with Gasteiger partial charge in [-0.25, -0.2) is 5.06 Å². The lowest BCUT2D eigenvalue weighted by atomic mass is 9.89. The Labute approximate surface area is 394 Å². The fourth-order valence-electron chi connectivity index (χ4n) is 10.3. The number of benzene rings is 1. The van der Waals surface area contributed by atoms with Crippen LogP contribution < -0.4 is 10.6 Å². The highest BCUT2D eigenvalue weighted by atomic mass is 16.7. The number of hydrogen-bond acceptors (Lipinski definition) is 10. The minimum atomic E-state index is -1.15. The van der Waals surface area contributed by atoms with Crippen molar-refractivity contribution in [3.63, 3.8) is 0 Å². The van der Waals surface area contributed by atoms with Gasteiger partial charge in [-0.05, 0) is 81.9 Å². The van der Waals surface area contributed by atoms with Crippen LogP contribution in [-0.4, -0.2) is 157 Å². The van der Waals surface area contributed by atoms with Crippen LogP contribution in [0.15, 0.2) is 30.3 Å². The SMILES string of the molecule is CC[C@H](C)[C@@H]([C@@H](CC(=O)N1CCC[C@H]1[C@H](OC)[C@@H](C)C(=O)NC1(C(=O)N2CCCCO2)C[C@@H]1c1ccccc1)OC)N(C)C(=O)[C@@H](NC(=O)[C@H](C(C)C)N(C)CCCCCC(=O)O)C(C)C. The number of aliphatic carboxylic acids is 1.